The van der Waals surface area contributed by atoms with Gasteiger partial charge in [0.15, 0.2) is 5.82 Å². The molecule has 8 heteroatoms. The molecule has 128 valence electrons. The maximum atomic E-state index is 12.6. The molecule has 3 rings (SSSR count). The van der Waals surface area contributed by atoms with Crippen molar-refractivity contribution in [2.75, 3.05) is 13.2 Å². The van der Waals surface area contributed by atoms with E-state index in [2.05, 4.69) is 20.4 Å². The van der Waals surface area contributed by atoms with E-state index < -0.39 is 6.04 Å². The van der Waals surface area contributed by atoms with Crippen molar-refractivity contribution in [2.45, 2.75) is 32.7 Å². The van der Waals surface area contributed by atoms with Crippen LogP contribution in [-0.2, 0) is 4.74 Å². The molecular formula is C16H20N4O4. The molecule has 1 amide bonds. The number of pyridine rings is 1. The molecule has 1 aliphatic heterocycles. The molecule has 0 radical (unpaired) electrons. The summed E-state index contributed by atoms with van der Waals surface area (Å²) in [6.45, 7) is 4.73. The van der Waals surface area contributed by atoms with Gasteiger partial charge in [0.1, 0.15) is 6.04 Å². The van der Waals surface area contributed by atoms with Crippen LogP contribution in [-0.4, -0.2) is 34.2 Å². The molecule has 0 aliphatic carbocycles. The van der Waals surface area contributed by atoms with Crippen LogP contribution in [0.25, 0.3) is 0 Å². The summed E-state index contributed by atoms with van der Waals surface area (Å²) in [5.41, 5.74) is 0.629. The van der Waals surface area contributed by atoms with E-state index in [4.69, 9.17) is 9.26 Å². The Hall–Kier alpha value is -2.48. The average Bonchev–Trinajstić information content (AvgIpc) is 2.98. The first-order chi connectivity index (χ1) is 11.5. The molecule has 1 unspecified atom stereocenters. The van der Waals surface area contributed by atoms with Gasteiger partial charge in [0, 0.05) is 30.5 Å². The third kappa shape index (κ3) is 3.70. The Balaban J connectivity index is 1.85. The number of H-pyrrole nitrogens is 1. The number of hydrogen-bond donors (Lipinski definition) is 2. The molecule has 8 nitrogen and oxygen atoms in total. The Kier molecular flexibility index (Phi) is 4.75. The first kappa shape index (κ1) is 16.4. The van der Waals surface area contributed by atoms with Gasteiger partial charge in [-0.05, 0) is 38.7 Å². The number of amides is 1. The maximum absolute atomic E-state index is 12.6. The lowest BCUT2D eigenvalue weighted by molar-refractivity contribution is 0.0467. The SMILES string of the molecule is Cc1noc(C(NC(=O)c2cc(C)[nH]c(=O)c2)C2CCOCC2)n1. The van der Waals surface area contributed by atoms with E-state index in [9.17, 15) is 9.59 Å². The molecule has 0 spiro atoms. The second kappa shape index (κ2) is 6.96. The summed E-state index contributed by atoms with van der Waals surface area (Å²) in [6.07, 6.45) is 1.58. The van der Waals surface area contributed by atoms with Crippen LogP contribution < -0.4 is 10.9 Å². The first-order valence-corrected chi connectivity index (χ1v) is 7.92. The van der Waals surface area contributed by atoms with Gasteiger partial charge in [-0.3, -0.25) is 9.59 Å². The lowest BCUT2D eigenvalue weighted by Crippen LogP contribution is -2.36. The normalized spacial score (nSPS) is 16.8. The van der Waals surface area contributed by atoms with Crippen LogP contribution in [0.2, 0.25) is 0 Å². The molecule has 1 atom stereocenters. The number of aromatic amines is 1. The standard InChI is InChI=1S/C16H20N4O4/c1-9-7-12(8-13(21)17-9)15(22)19-14(11-3-5-23-6-4-11)16-18-10(2)20-24-16/h7-8,11,14H,3-6H2,1-2H3,(H,17,21)(H,19,22). The lowest BCUT2D eigenvalue weighted by atomic mass is 9.91. The summed E-state index contributed by atoms with van der Waals surface area (Å²) >= 11 is 0. The maximum Gasteiger partial charge on any atom is 0.252 e. The average molecular weight is 332 g/mol. The van der Waals surface area contributed by atoms with Gasteiger partial charge in [0.25, 0.3) is 5.91 Å². The van der Waals surface area contributed by atoms with E-state index >= 15 is 0 Å². The van der Waals surface area contributed by atoms with Crippen molar-refractivity contribution < 1.29 is 14.1 Å². The summed E-state index contributed by atoms with van der Waals surface area (Å²) in [7, 11) is 0. The van der Waals surface area contributed by atoms with Crippen LogP contribution in [0.4, 0.5) is 0 Å². The van der Waals surface area contributed by atoms with Gasteiger partial charge in [-0.25, -0.2) is 0 Å². The second-order valence-electron chi connectivity index (χ2n) is 6.00. The van der Waals surface area contributed by atoms with E-state index in [1.54, 1.807) is 19.9 Å². The zero-order valence-corrected chi connectivity index (χ0v) is 13.7. The van der Waals surface area contributed by atoms with Gasteiger partial charge in [0.05, 0.1) is 0 Å². The van der Waals surface area contributed by atoms with Crippen molar-refractivity contribution >= 4 is 5.91 Å². The second-order valence-corrected chi connectivity index (χ2v) is 6.00. The number of carbonyl (C=O) groups excluding carboxylic acids is 1. The van der Waals surface area contributed by atoms with E-state index in [1.807, 2.05) is 0 Å². The topological polar surface area (TPSA) is 110 Å². The highest BCUT2D eigenvalue weighted by Crippen LogP contribution is 2.29. The summed E-state index contributed by atoms with van der Waals surface area (Å²) in [5, 5.41) is 6.76. The molecule has 1 aliphatic rings. The fourth-order valence-electron chi connectivity index (χ4n) is 2.91. The van der Waals surface area contributed by atoms with Gasteiger partial charge >= 0.3 is 0 Å². The van der Waals surface area contributed by atoms with E-state index in [-0.39, 0.29) is 17.4 Å². The van der Waals surface area contributed by atoms with E-state index in [0.717, 1.165) is 12.8 Å². The molecule has 1 fully saturated rings. The molecule has 0 bridgehead atoms. The summed E-state index contributed by atoms with van der Waals surface area (Å²) in [6, 6.07) is 2.52. The highest BCUT2D eigenvalue weighted by Gasteiger charge is 2.31. The van der Waals surface area contributed by atoms with Crippen molar-refractivity contribution in [1.29, 1.82) is 0 Å². The number of nitrogens with one attached hydrogen (secondary N) is 2. The molecular weight excluding hydrogens is 312 g/mol. The predicted octanol–water partition coefficient (Wildman–Crippen LogP) is 1.27. The van der Waals surface area contributed by atoms with Crippen molar-refractivity contribution in [2.24, 2.45) is 5.92 Å². The minimum atomic E-state index is -0.401. The molecule has 2 aromatic rings. The Morgan fingerprint density at radius 3 is 2.71 bits per heavy atom. The third-order valence-electron chi connectivity index (χ3n) is 4.07. The largest absolute Gasteiger partial charge is 0.381 e. The summed E-state index contributed by atoms with van der Waals surface area (Å²) in [5.74, 6) is 0.708. The van der Waals surface area contributed by atoms with Gasteiger partial charge < -0.3 is 19.6 Å². The fraction of sp³-hybridized carbons (Fsp3) is 0.500. The van der Waals surface area contributed by atoms with Crippen molar-refractivity contribution in [3.8, 4) is 0 Å². The van der Waals surface area contributed by atoms with Crippen molar-refractivity contribution in [3.05, 3.63) is 45.5 Å². The monoisotopic (exact) mass is 332 g/mol. The number of rotatable bonds is 4. The number of hydrogen-bond acceptors (Lipinski definition) is 6. The number of ether oxygens (including phenoxy) is 1. The minimum Gasteiger partial charge on any atom is -0.381 e. The Morgan fingerprint density at radius 2 is 2.08 bits per heavy atom. The van der Waals surface area contributed by atoms with Crippen LogP contribution >= 0.6 is 0 Å². The van der Waals surface area contributed by atoms with Gasteiger partial charge in [-0.15, -0.1) is 0 Å². The predicted molar refractivity (Wildman–Crippen MR) is 84.6 cm³/mol. The molecule has 3 heterocycles. The van der Waals surface area contributed by atoms with Crippen LogP contribution in [0.1, 0.15) is 46.7 Å². The van der Waals surface area contributed by atoms with E-state index in [0.29, 0.717) is 36.2 Å². The number of aryl methyl sites for hydroxylation is 2. The van der Waals surface area contributed by atoms with Crippen LogP contribution in [0.3, 0.4) is 0 Å². The molecule has 24 heavy (non-hydrogen) atoms. The Bertz CT molecular complexity index is 776. The first-order valence-electron chi connectivity index (χ1n) is 7.92. The van der Waals surface area contributed by atoms with Crippen molar-refractivity contribution in [3.63, 3.8) is 0 Å². The minimum absolute atomic E-state index is 0.144. The van der Waals surface area contributed by atoms with Crippen LogP contribution in [0.5, 0.6) is 0 Å². The van der Waals surface area contributed by atoms with E-state index in [1.165, 1.54) is 6.07 Å². The zero-order valence-electron chi connectivity index (χ0n) is 13.7. The van der Waals surface area contributed by atoms with Gasteiger partial charge in [-0.2, -0.15) is 4.98 Å². The molecule has 2 N–H and O–H groups in total. The van der Waals surface area contributed by atoms with Crippen LogP contribution in [0, 0.1) is 19.8 Å². The highest BCUT2D eigenvalue weighted by atomic mass is 16.5. The molecule has 0 saturated carbocycles. The Morgan fingerprint density at radius 1 is 1.33 bits per heavy atom. The number of carbonyl (C=O) groups is 1. The lowest BCUT2D eigenvalue weighted by Gasteiger charge is -2.28. The summed E-state index contributed by atoms with van der Waals surface area (Å²) < 4.78 is 10.7. The fourth-order valence-corrected chi connectivity index (χ4v) is 2.91. The van der Waals surface area contributed by atoms with Gasteiger partial charge in [-0.1, -0.05) is 5.16 Å². The number of aromatic nitrogens is 3. The number of nitrogens with zero attached hydrogens (tertiary/aromatic N) is 2. The molecule has 1 saturated heterocycles. The quantitative estimate of drug-likeness (QED) is 0.872. The zero-order chi connectivity index (χ0) is 17.1. The van der Waals surface area contributed by atoms with Gasteiger partial charge in [0.2, 0.25) is 11.4 Å². The Labute approximate surface area is 138 Å². The van der Waals surface area contributed by atoms with Crippen LogP contribution in [0.15, 0.2) is 21.5 Å². The molecule has 2 aromatic heterocycles. The highest BCUT2D eigenvalue weighted by molar-refractivity contribution is 5.94. The third-order valence-corrected chi connectivity index (χ3v) is 4.07. The smallest absolute Gasteiger partial charge is 0.252 e. The molecule has 0 aromatic carbocycles. The summed E-state index contributed by atoms with van der Waals surface area (Å²) in [4.78, 5) is 31.1. The van der Waals surface area contributed by atoms with Crippen molar-refractivity contribution in [1.82, 2.24) is 20.4 Å².